The lowest BCUT2D eigenvalue weighted by Crippen LogP contribution is -2.38. The Hall–Kier alpha value is -0.860. The fourth-order valence-corrected chi connectivity index (χ4v) is 2.19. The predicted octanol–water partition coefficient (Wildman–Crippen LogP) is 3.58. The third-order valence-electron chi connectivity index (χ3n) is 3.68. The summed E-state index contributed by atoms with van der Waals surface area (Å²) >= 11 is 0. The summed E-state index contributed by atoms with van der Waals surface area (Å²) in [7, 11) is 0. The van der Waals surface area contributed by atoms with Gasteiger partial charge < -0.3 is 0 Å². The zero-order valence-electron chi connectivity index (χ0n) is 11.6. The largest absolute Gasteiger partial charge is 0.271 e. The maximum Gasteiger partial charge on any atom is 0.0510 e. The van der Waals surface area contributed by atoms with E-state index in [4.69, 9.17) is 5.84 Å². The molecule has 0 spiro atoms. The van der Waals surface area contributed by atoms with Gasteiger partial charge >= 0.3 is 0 Å². The van der Waals surface area contributed by atoms with Gasteiger partial charge in [0.1, 0.15) is 0 Å². The zero-order chi connectivity index (χ0) is 12.9. The number of hydrogen-bond donors (Lipinski definition) is 2. The Morgan fingerprint density at radius 2 is 2.00 bits per heavy atom. The Kier molecular flexibility index (Phi) is 5.16. The van der Waals surface area contributed by atoms with E-state index in [-0.39, 0.29) is 11.5 Å². The molecular formula is C15H26N2. The van der Waals surface area contributed by atoms with Gasteiger partial charge in [-0.05, 0) is 29.4 Å². The van der Waals surface area contributed by atoms with E-state index in [1.807, 2.05) is 0 Å². The van der Waals surface area contributed by atoms with Crippen molar-refractivity contribution in [3.05, 3.63) is 35.4 Å². The fraction of sp³-hybridized carbons (Fsp3) is 0.600. The standard InChI is InChI=1S/C15H26N2/c1-5-8-12-9-7-10-13(11-12)14(17-16)15(3,4)6-2/h7,9-11,14,17H,5-6,8,16H2,1-4H3. The first-order valence-electron chi connectivity index (χ1n) is 6.60. The number of nitrogens with two attached hydrogens (primary N) is 1. The Balaban J connectivity index is 2.99. The summed E-state index contributed by atoms with van der Waals surface area (Å²) in [5.74, 6) is 5.74. The van der Waals surface area contributed by atoms with Crippen LogP contribution in [0.5, 0.6) is 0 Å². The Bertz CT molecular complexity index is 345. The molecule has 0 radical (unpaired) electrons. The van der Waals surface area contributed by atoms with Crippen molar-refractivity contribution in [2.45, 2.75) is 53.0 Å². The minimum absolute atomic E-state index is 0.166. The minimum atomic E-state index is 0.166. The van der Waals surface area contributed by atoms with Crippen molar-refractivity contribution in [3.8, 4) is 0 Å². The lowest BCUT2D eigenvalue weighted by Gasteiger charge is -2.33. The molecule has 1 rings (SSSR count). The Morgan fingerprint density at radius 1 is 1.29 bits per heavy atom. The average molecular weight is 234 g/mol. The molecule has 0 aliphatic heterocycles. The van der Waals surface area contributed by atoms with Crippen LogP contribution >= 0.6 is 0 Å². The van der Waals surface area contributed by atoms with E-state index >= 15 is 0 Å². The molecule has 0 saturated heterocycles. The van der Waals surface area contributed by atoms with Crippen molar-refractivity contribution >= 4 is 0 Å². The van der Waals surface area contributed by atoms with Gasteiger partial charge in [0.15, 0.2) is 0 Å². The normalized spacial score (nSPS) is 13.7. The lowest BCUT2D eigenvalue weighted by molar-refractivity contribution is 0.236. The molecule has 0 aliphatic carbocycles. The maximum absolute atomic E-state index is 5.74. The molecule has 1 aromatic rings. The lowest BCUT2D eigenvalue weighted by atomic mass is 9.78. The summed E-state index contributed by atoms with van der Waals surface area (Å²) in [5, 5.41) is 0. The van der Waals surface area contributed by atoms with Crippen LogP contribution in [0.4, 0.5) is 0 Å². The molecular weight excluding hydrogens is 208 g/mol. The van der Waals surface area contributed by atoms with Crippen molar-refractivity contribution in [2.24, 2.45) is 11.3 Å². The SMILES string of the molecule is CCCc1cccc(C(NN)C(C)(C)CC)c1. The van der Waals surface area contributed by atoms with Crippen LogP contribution in [0.1, 0.15) is 57.7 Å². The van der Waals surface area contributed by atoms with Gasteiger partial charge in [-0.15, -0.1) is 0 Å². The van der Waals surface area contributed by atoms with E-state index in [9.17, 15) is 0 Å². The molecule has 0 bridgehead atoms. The second kappa shape index (κ2) is 6.18. The van der Waals surface area contributed by atoms with E-state index in [2.05, 4.69) is 57.4 Å². The molecule has 2 nitrogen and oxygen atoms in total. The van der Waals surface area contributed by atoms with Crippen LogP contribution in [0.3, 0.4) is 0 Å². The molecule has 1 aromatic carbocycles. The quantitative estimate of drug-likeness (QED) is 0.583. The molecule has 96 valence electrons. The highest BCUT2D eigenvalue weighted by molar-refractivity contribution is 5.27. The number of aryl methyl sites for hydroxylation is 1. The van der Waals surface area contributed by atoms with E-state index in [0.717, 1.165) is 12.8 Å². The van der Waals surface area contributed by atoms with E-state index in [1.54, 1.807) is 0 Å². The number of rotatable bonds is 6. The van der Waals surface area contributed by atoms with Crippen LogP contribution in [0.15, 0.2) is 24.3 Å². The van der Waals surface area contributed by atoms with Crippen molar-refractivity contribution in [2.75, 3.05) is 0 Å². The summed E-state index contributed by atoms with van der Waals surface area (Å²) in [6, 6.07) is 8.99. The topological polar surface area (TPSA) is 38.0 Å². The molecule has 1 atom stereocenters. The summed E-state index contributed by atoms with van der Waals surface area (Å²) < 4.78 is 0. The number of nitrogens with one attached hydrogen (secondary N) is 1. The van der Waals surface area contributed by atoms with Gasteiger partial charge in [-0.1, -0.05) is 58.4 Å². The van der Waals surface area contributed by atoms with Gasteiger partial charge in [0.05, 0.1) is 6.04 Å². The molecule has 0 heterocycles. The summed E-state index contributed by atoms with van der Waals surface area (Å²) in [5.41, 5.74) is 5.84. The number of benzene rings is 1. The molecule has 0 fully saturated rings. The molecule has 2 heteroatoms. The van der Waals surface area contributed by atoms with Crippen LogP contribution < -0.4 is 11.3 Å². The van der Waals surface area contributed by atoms with Crippen molar-refractivity contribution in [3.63, 3.8) is 0 Å². The highest BCUT2D eigenvalue weighted by atomic mass is 15.2. The van der Waals surface area contributed by atoms with Crippen molar-refractivity contribution in [1.82, 2.24) is 5.43 Å². The van der Waals surface area contributed by atoms with Gasteiger partial charge in [0, 0.05) is 0 Å². The van der Waals surface area contributed by atoms with Gasteiger partial charge in [-0.25, -0.2) is 0 Å². The van der Waals surface area contributed by atoms with E-state index < -0.39 is 0 Å². The average Bonchev–Trinajstić information content (AvgIpc) is 2.30. The van der Waals surface area contributed by atoms with Crippen LogP contribution in [-0.4, -0.2) is 0 Å². The van der Waals surface area contributed by atoms with Gasteiger partial charge in [0.2, 0.25) is 0 Å². The monoisotopic (exact) mass is 234 g/mol. The summed E-state index contributed by atoms with van der Waals surface area (Å²) in [4.78, 5) is 0. The first-order chi connectivity index (χ1) is 8.05. The van der Waals surface area contributed by atoms with Crippen molar-refractivity contribution < 1.29 is 0 Å². The van der Waals surface area contributed by atoms with Crippen LogP contribution in [0.25, 0.3) is 0 Å². The Labute approximate surface area is 106 Å². The molecule has 0 saturated carbocycles. The third kappa shape index (κ3) is 3.55. The second-order valence-corrected chi connectivity index (χ2v) is 5.44. The summed E-state index contributed by atoms with van der Waals surface area (Å²) in [6.07, 6.45) is 3.42. The fourth-order valence-electron chi connectivity index (χ4n) is 2.19. The minimum Gasteiger partial charge on any atom is -0.271 e. The molecule has 0 aliphatic rings. The van der Waals surface area contributed by atoms with Crippen LogP contribution in [0.2, 0.25) is 0 Å². The number of hydrazine groups is 1. The van der Waals surface area contributed by atoms with Gasteiger partial charge in [0.25, 0.3) is 0 Å². The number of hydrogen-bond acceptors (Lipinski definition) is 2. The second-order valence-electron chi connectivity index (χ2n) is 5.44. The molecule has 0 aromatic heterocycles. The van der Waals surface area contributed by atoms with Crippen LogP contribution in [-0.2, 0) is 6.42 Å². The van der Waals surface area contributed by atoms with E-state index in [0.29, 0.717) is 0 Å². The molecule has 17 heavy (non-hydrogen) atoms. The zero-order valence-corrected chi connectivity index (χ0v) is 11.6. The van der Waals surface area contributed by atoms with Gasteiger partial charge in [-0.2, -0.15) is 0 Å². The van der Waals surface area contributed by atoms with Gasteiger partial charge in [-0.3, -0.25) is 11.3 Å². The first kappa shape index (κ1) is 14.2. The van der Waals surface area contributed by atoms with Crippen LogP contribution in [0, 0.1) is 5.41 Å². The third-order valence-corrected chi connectivity index (χ3v) is 3.68. The maximum atomic E-state index is 5.74. The predicted molar refractivity (Wildman–Crippen MR) is 74.6 cm³/mol. The van der Waals surface area contributed by atoms with Crippen molar-refractivity contribution in [1.29, 1.82) is 0 Å². The molecule has 3 N–H and O–H groups in total. The first-order valence-corrected chi connectivity index (χ1v) is 6.60. The highest BCUT2D eigenvalue weighted by Crippen LogP contribution is 2.35. The smallest absolute Gasteiger partial charge is 0.0510 e. The van der Waals surface area contributed by atoms with E-state index in [1.165, 1.54) is 17.5 Å². The highest BCUT2D eigenvalue weighted by Gasteiger charge is 2.28. The molecule has 1 unspecified atom stereocenters. The molecule has 0 amide bonds. The Morgan fingerprint density at radius 3 is 2.53 bits per heavy atom. The summed E-state index contributed by atoms with van der Waals surface area (Å²) in [6.45, 7) is 8.93.